The van der Waals surface area contributed by atoms with Gasteiger partial charge in [-0.25, -0.2) is 0 Å². The molecular weight excluding hydrogens is 478 g/mol. The van der Waals surface area contributed by atoms with Gasteiger partial charge in [0.15, 0.2) is 0 Å². The number of benzodiazepines with no additional fused rings is 1. The molecule has 0 saturated carbocycles. The third-order valence-corrected chi connectivity index (χ3v) is 5.73. The summed E-state index contributed by atoms with van der Waals surface area (Å²) in [6, 6.07) is 19.0. The molecule has 0 radical (unpaired) electrons. The zero-order valence-electron chi connectivity index (χ0n) is 20.2. The molecule has 3 aromatic carbocycles. The van der Waals surface area contributed by atoms with E-state index >= 15 is 0 Å². The fourth-order valence-electron chi connectivity index (χ4n) is 3.70. The molecule has 3 aromatic rings. The second-order valence-corrected chi connectivity index (χ2v) is 8.34. The third kappa shape index (κ3) is 6.09. The number of halogens is 1. The zero-order valence-corrected chi connectivity index (χ0v) is 21.0. The van der Waals surface area contributed by atoms with Crippen LogP contribution in [0.25, 0.3) is 0 Å². The number of hydrogen-bond donors (Lipinski definition) is 4. The SMILES string of the molecule is CCC1N=C(c2ccc(Cl)cc2)c2cc(OC)ccc2N(C(C)=N)C1=N.O=CNc1ccc(O)cc1. The predicted molar refractivity (Wildman–Crippen MR) is 146 cm³/mol. The monoisotopic (exact) mass is 505 g/mol. The topological polar surface area (TPSA) is 122 Å². The van der Waals surface area contributed by atoms with Crippen LogP contribution in [0.3, 0.4) is 0 Å². The highest BCUT2D eigenvalue weighted by molar-refractivity contribution is 6.31. The highest BCUT2D eigenvalue weighted by Crippen LogP contribution is 2.32. The largest absolute Gasteiger partial charge is 0.508 e. The van der Waals surface area contributed by atoms with Crippen molar-refractivity contribution in [3.63, 3.8) is 0 Å². The van der Waals surface area contributed by atoms with Gasteiger partial charge in [0.25, 0.3) is 0 Å². The van der Waals surface area contributed by atoms with E-state index in [1.54, 1.807) is 31.1 Å². The molecule has 0 aliphatic carbocycles. The van der Waals surface area contributed by atoms with Gasteiger partial charge in [0, 0.05) is 21.8 Å². The van der Waals surface area contributed by atoms with Crippen molar-refractivity contribution < 1.29 is 14.6 Å². The lowest BCUT2D eigenvalue weighted by atomic mass is 9.99. The Morgan fingerprint density at radius 3 is 2.39 bits per heavy atom. The van der Waals surface area contributed by atoms with E-state index in [0.29, 0.717) is 35.1 Å². The summed E-state index contributed by atoms with van der Waals surface area (Å²) in [6.45, 7) is 3.68. The van der Waals surface area contributed by atoms with Crippen molar-refractivity contribution in [2.45, 2.75) is 26.3 Å². The van der Waals surface area contributed by atoms with Crippen LogP contribution in [-0.4, -0.2) is 42.1 Å². The fraction of sp³-hybridized carbons (Fsp3) is 0.185. The molecule has 1 amide bonds. The Bertz CT molecular complexity index is 1270. The summed E-state index contributed by atoms with van der Waals surface area (Å²) < 4.78 is 5.40. The van der Waals surface area contributed by atoms with Gasteiger partial charge in [-0.2, -0.15) is 0 Å². The Kier molecular flexibility index (Phi) is 8.81. The molecule has 4 rings (SSSR count). The summed E-state index contributed by atoms with van der Waals surface area (Å²) in [5.74, 6) is 1.48. The van der Waals surface area contributed by atoms with Crippen LogP contribution >= 0.6 is 11.6 Å². The molecule has 9 heteroatoms. The van der Waals surface area contributed by atoms with Gasteiger partial charge in [0.1, 0.15) is 29.2 Å². The molecule has 8 nitrogen and oxygen atoms in total. The number of nitrogens with zero attached hydrogens (tertiary/aromatic N) is 2. The molecule has 1 atom stereocenters. The molecule has 1 heterocycles. The van der Waals surface area contributed by atoms with Crippen LogP contribution in [0.1, 0.15) is 31.4 Å². The van der Waals surface area contributed by atoms with E-state index in [1.165, 1.54) is 12.1 Å². The van der Waals surface area contributed by atoms with E-state index in [2.05, 4.69) is 5.32 Å². The maximum atomic E-state index is 9.89. The number of aliphatic imine (C=N–C) groups is 1. The second-order valence-electron chi connectivity index (χ2n) is 7.91. The molecule has 1 aliphatic heterocycles. The van der Waals surface area contributed by atoms with E-state index in [1.807, 2.05) is 49.4 Å². The van der Waals surface area contributed by atoms with Gasteiger partial charge < -0.3 is 15.2 Å². The molecule has 0 fully saturated rings. The number of fused-ring (bicyclic) bond motifs is 1. The van der Waals surface area contributed by atoms with Crippen LogP contribution in [0.5, 0.6) is 11.5 Å². The van der Waals surface area contributed by atoms with Gasteiger partial charge in [-0.05, 0) is 67.9 Å². The van der Waals surface area contributed by atoms with Crippen LogP contribution in [0.15, 0.2) is 71.7 Å². The molecular formula is C27H28ClN5O3. The number of phenolic OH excluding ortho intramolecular Hbond substituents is 1. The van der Waals surface area contributed by atoms with E-state index in [0.717, 1.165) is 22.5 Å². The average molecular weight is 506 g/mol. The molecule has 0 aromatic heterocycles. The number of ether oxygens (including phenoxy) is 1. The zero-order chi connectivity index (χ0) is 26.2. The summed E-state index contributed by atoms with van der Waals surface area (Å²) in [6.07, 6.45) is 1.26. The Morgan fingerprint density at radius 2 is 1.83 bits per heavy atom. The summed E-state index contributed by atoms with van der Waals surface area (Å²) in [5, 5.41) is 28.7. The van der Waals surface area contributed by atoms with Crippen LogP contribution in [0.4, 0.5) is 11.4 Å². The van der Waals surface area contributed by atoms with E-state index < -0.39 is 0 Å². The number of benzene rings is 3. The van der Waals surface area contributed by atoms with Crippen LogP contribution < -0.4 is 15.0 Å². The first-order valence-corrected chi connectivity index (χ1v) is 11.6. The molecule has 0 saturated heterocycles. The quantitative estimate of drug-likeness (QED) is 0.153. The van der Waals surface area contributed by atoms with Crippen molar-refractivity contribution in [1.82, 2.24) is 0 Å². The lowest BCUT2D eigenvalue weighted by Gasteiger charge is -2.26. The maximum Gasteiger partial charge on any atom is 0.211 e. The number of rotatable bonds is 5. The predicted octanol–water partition coefficient (Wildman–Crippen LogP) is 5.72. The summed E-state index contributed by atoms with van der Waals surface area (Å²) >= 11 is 6.04. The molecule has 0 bridgehead atoms. The summed E-state index contributed by atoms with van der Waals surface area (Å²) in [5.41, 5.74) is 3.95. The summed E-state index contributed by atoms with van der Waals surface area (Å²) in [4.78, 5) is 16.4. The van der Waals surface area contributed by atoms with Crippen molar-refractivity contribution in [2.24, 2.45) is 4.99 Å². The number of carbonyl (C=O) groups excluding carboxylic acids is 1. The normalized spacial score (nSPS) is 14.4. The number of amides is 1. The second kappa shape index (κ2) is 12.0. The molecule has 0 spiro atoms. The number of methoxy groups -OCH3 is 1. The van der Waals surface area contributed by atoms with Crippen molar-refractivity contribution in [3.8, 4) is 11.5 Å². The first-order valence-electron chi connectivity index (χ1n) is 11.2. The standard InChI is InChI=1S/C20H21ClN4O.C7H7NO2/c1-4-17-20(23)25(12(2)22)18-10-9-15(26-3)11-16(18)19(24-17)13-5-7-14(21)8-6-13;9-5-8-6-1-3-7(10)4-2-6/h5-11,17,22-23H,4H2,1-3H3;1-5,10H,(H,8,9). The van der Waals surface area contributed by atoms with Gasteiger partial charge in [-0.3, -0.25) is 25.5 Å². The molecule has 36 heavy (non-hydrogen) atoms. The first kappa shape index (κ1) is 26.4. The lowest BCUT2D eigenvalue weighted by molar-refractivity contribution is -0.105. The van der Waals surface area contributed by atoms with E-state index in [-0.39, 0.29) is 17.6 Å². The molecule has 186 valence electrons. The number of carbonyl (C=O) groups is 1. The number of amidine groups is 2. The van der Waals surface area contributed by atoms with Crippen molar-refractivity contribution in [3.05, 3.63) is 82.9 Å². The van der Waals surface area contributed by atoms with Crippen molar-refractivity contribution >= 4 is 46.8 Å². The van der Waals surface area contributed by atoms with Gasteiger partial charge in [-0.1, -0.05) is 30.7 Å². The Morgan fingerprint density at radius 1 is 1.17 bits per heavy atom. The molecule has 1 aliphatic rings. The Hall–Kier alpha value is -4.17. The summed E-state index contributed by atoms with van der Waals surface area (Å²) in [7, 11) is 1.62. The maximum absolute atomic E-state index is 9.89. The lowest BCUT2D eigenvalue weighted by Crippen LogP contribution is -2.40. The number of phenols is 1. The van der Waals surface area contributed by atoms with Crippen molar-refractivity contribution in [2.75, 3.05) is 17.3 Å². The van der Waals surface area contributed by atoms with Crippen LogP contribution in [-0.2, 0) is 4.79 Å². The number of aromatic hydroxyl groups is 1. The Balaban J connectivity index is 0.000000303. The number of anilines is 2. The highest BCUT2D eigenvalue weighted by atomic mass is 35.5. The Labute approximate surface area is 215 Å². The van der Waals surface area contributed by atoms with E-state index in [4.69, 9.17) is 37.3 Å². The first-order chi connectivity index (χ1) is 17.3. The molecule has 4 N–H and O–H groups in total. The van der Waals surface area contributed by atoms with Gasteiger partial charge in [0.05, 0.1) is 18.5 Å². The minimum absolute atomic E-state index is 0.191. The number of nitrogens with one attached hydrogen (secondary N) is 3. The third-order valence-electron chi connectivity index (χ3n) is 5.47. The average Bonchev–Trinajstić information content (AvgIpc) is 2.99. The molecule has 1 unspecified atom stereocenters. The highest BCUT2D eigenvalue weighted by Gasteiger charge is 2.30. The minimum atomic E-state index is -0.334. The van der Waals surface area contributed by atoms with E-state index in [9.17, 15) is 4.79 Å². The fourth-order valence-corrected chi connectivity index (χ4v) is 3.83. The van der Waals surface area contributed by atoms with Gasteiger partial charge >= 0.3 is 0 Å². The van der Waals surface area contributed by atoms with Gasteiger partial charge in [-0.15, -0.1) is 0 Å². The minimum Gasteiger partial charge on any atom is -0.508 e. The van der Waals surface area contributed by atoms with Crippen LogP contribution in [0, 0.1) is 10.8 Å². The van der Waals surface area contributed by atoms with Gasteiger partial charge in [0.2, 0.25) is 6.41 Å². The number of hydrogen-bond acceptors (Lipinski definition) is 6. The van der Waals surface area contributed by atoms with Crippen molar-refractivity contribution in [1.29, 1.82) is 10.8 Å². The smallest absolute Gasteiger partial charge is 0.211 e. The van der Waals surface area contributed by atoms with Crippen LogP contribution in [0.2, 0.25) is 5.02 Å².